The maximum atomic E-state index is 12.5. The summed E-state index contributed by atoms with van der Waals surface area (Å²) >= 11 is 6.51. The minimum Gasteiger partial charge on any atom is -0.361 e. The Morgan fingerprint density at radius 2 is 1.96 bits per heavy atom. The predicted octanol–water partition coefficient (Wildman–Crippen LogP) is 5.43. The van der Waals surface area contributed by atoms with Gasteiger partial charge in [-0.05, 0) is 42.0 Å². The van der Waals surface area contributed by atoms with E-state index in [1.54, 1.807) is 0 Å². The number of rotatable bonds is 6. The molecule has 1 aromatic heterocycles. The van der Waals surface area contributed by atoms with Crippen molar-refractivity contribution in [3.63, 3.8) is 0 Å². The highest BCUT2D eigenvalue weighted by Crippen LogP contribution is 2.34. The average Bonchev–Trinajstić information content (AvgIpc) is 3.33. The van der Waals surface area contributed by atoms with Gasteiger partial charge in [-0.2, -0.15) is 0 Å². The number of hydrogen-bond acceptors (Lipinski definition) is 1. The molecule has 0 aliphatic heterocycles. The van der Waals surface area contributed by atoms with E-state index in [0.29, 0.717) is 18.9 Å². The van der Waals surface area contributed by atoms with Crippen molar-refractivity contribution in [2.45, 2.75) is 25.2 Å². The first-order valence-corrected chi connectivity index (χ1v) is 9.84. The number of carbonyl (C=O) groups excluding carboxylic acids is 1. The van der Waals surface area contributed by atoms with E-state index >= 15 is 0 Å². The molecule has 0 radical (unpaired) electrons. The van der Waals surface area contributed by atoms with Crippen molar-refractivity contribution in [2.75, 3.05) is 6.54 Å². The molecular formula is C23H23ClN2O. The Bertz CT molecular complexity index is 975. The molecule has 3 nitrogen and oxygen atoms in total. The number of aromatic nitrogens is 1. The van der Waals surface area contributed by atoms with E-state index in [0.717, 1.165) is 39.9 Å². The molecule has 2 aromatic carbocycles. The lowest BCUT2D eigenvalue weighted by molar-refractivity contribution is -0.121. The summed E-state index contributed by atoms with van der Waals surface area (Å²) in [4.78, 5) is 15.8. The smallest absolute Gasteiger partial charge is 0.220 e. The van der Waals surface area contributed by atoms with E-state index < -0.39 is 0 Å². The van der Waals surface area contributed by atoms with Crippen molar-refractivity contribution in [2.24, 2.45) is 5.92 Å². The normalized spacial score (nSPS) is 17.3. The molecule has 1 heterocycles. The Hall–Kier alpha value is -2.52. The van der Waals surface area contributed by atoms with Crippen LogP contribution in [0.5, 0.6) is 0 Å². The zero-order valence-corrected chi connectivity index (χ0v) is 15.9. The zero-order valence-electron chi connectivity index (χ0n) is 15.1. The third-order valence-electron chi connectivity index (χ3n) is 5.34. The van der Waals surface area contributed by atoms with Crippen LogP contribution in [0.2, 0.25) is 5.02 Å². The number of halogens is 1. The van der Waals surface area contributed by atoms with Gasteiger partial charge >= 0.3 is 0 Å². The number of H-pyrrole nitrogens is 1. The van der Waals surface area contributed by atoms with Gasteiger partial charge in [-0.15, -0.1) is 0 Å². The van der Waals surface area contributed by atoms with Crippen molar-refractivity contribution in [3.8, 4) is 0 Å². The Labute approximate surface area is 164 Å². The topological polar surface area (TPSA) is 44.9 Å². The van der Waals surface area contributed by atoms with Crippen molar-refractivity contribution in [1.29, 1.82) is 0 Å². The first-order chi connectivity index (χ1) is 13.2. The third-order valence-corrected chi connectivity index (χ3v) is 5.68. The van der Waals surface area contributed by atoms with Crippen LogP contribution in [0.3, 0.4) is 0 Å². The lowest BCUT2D eigenvalue weighted by atomic mass is 9.90. The molecule has 0 spiro atoms. The van der Waals surface area contributed by atoms with E-state index in [9.17, 15) is 4.79 Å². The van der Waals surface area contributed by atoms with Crippen LogP contribution in [0.1, 0.15) is 36.3 Å². The molecule has 0 bridgehead atoms. The van der Waals surface area contributed by atoms with Crippen LogP contribution in [0.4, 0.5) is 0 Å². The highest BCUT2D eigenvalue weighted by molar-refractivity contribution is 6.31. The number of fused-ring (bicyclic) bond motifs is 1. The summed E-state index contributed by atoms with van der Waals surface area (Å²) in [6, 6.07) is 16.1. The highest BCUT2D eigenvalue weighted by Gasteiger charge is 2.22. The minimum absolute atomic E-state index is 0.00193. The molecular weight excluding hydrogens is 356 g/mol. The molecule has 27 heavy (non-hydrogen) atoms. The molecule has 138 valence electrons. The van der Waals surface area contributed by atoms with Crippen molar-refractivity contribution < 1.29 is 4.79 Å². The number of amides is 1. The molecule has 1 aliphatic carbocycles. The number of nitrogens with one attached hydrogen (secondary N) is 2. The number of allylic oxidation sites excluding steroid dienone is 2. The Kier molecular flexibility index (Phi) is 5.30. The second-order valence-electron chi connectivity index (χ2n) is 7.14. The van der Waals surface area contributed by atoms with Gasteiger partial charge in [0.1, 0.15) is 0 Å². The lowest BCUT2D eigenvalue weighted by Gasteiger charge is -2.20. The quantitative estimate of drug-likeness (QED) is 0.552. The molecule has 2 atom stereocenters. The molecule has 1 aliphatic rings. The van der Waals surface area contributed by atoms with E-state index in [-0.39, 0.29) is 11.8 Å². The summed E-state index contributed by atoms with van der Waals surface area (Å²) in [5, 5.41) is 5.03. The minimum atomic E-state index is -0.00193. The molecule has 1 amide bonds. The molecule has 4 heteroatoms. The monoisotopic (exact) mass is 378 g/mol. The van der Waals surface area contributed by atoms with E-state index in [1.807, 2.05) is 42.6 Å². The van der Waals surface area contributed by atoms with Gasteiger partial charge in [0, 0.05) is 41.0 Å². The van der Waals surface area contributed by atoms with Crippen LogP contribution in [-0.2, 0) is 4.79 Å². The largest absolute Gasteiger partial charge is 0.361 e. The fourth-order valence-corrected chi connectivity index (χ4v) is 4.19. The number of para-hydroxylation sites is 1. The fourth-order valence-electron chi connectivity index (χ4n) is 3.92. The number of hydrogen-bond donors (Lipinski definition) is 2. The van der Waals surface area contributed by atoms with Gasteiger partial charge in [0.05, 0.1) is 0 Å². The van der Waals surface area contributed by atoms with Crippen LogP contribution in [0, 0.1) is 5.92 Å². The highest BCUT2D eigenvalue weighted by atomic mass is 35.5. The molecule has 4 rings (SSSR count). The second-order valence-corrected chi connectivity index (χ2v) is 7.54. The van der Waals surface area contributed by atoms with Crippen molar-refractivity contribution >= 4 is 28.4 Å². The lowest BCUT2D eigenvalue weighted by Crippen LogP contribution is -2.30. The first-order valence-electron chi connectivity index (χ1n) is 9.46. The standard InChI is InChI=1S/C23H23ClN2O/c24-21-11-5-3-9-17(21)19(15-26-23(27)13-16-7-1-2-8-16)20-14-25-22-12-6-4-10-18(20)22/h1,3-7,9-12,14,16,19,25H,2,8,13,15H2,(H,26,27)/t16-,19+/m1/s1. The van der Waals surface area contributed by atoms with Gasteiger partial charge < -0.3 is 10.3 Å². The summed E-state index contributed by atoms with van der Waals surface area (Å²) in [7, 11) is 0. The van der Waals surface area contributed by atoms with Gasteiger partial charge in [0.25, 0.3) is 0 Å². The predicted molar refractivity (Wildman–Crippen MR) is 111 cm³/mol. The van der Waals surface area contributed by atoms with E-state index in [4.69, 9.17) is 11.6 Å². The average molecular weight is 379 g/mol. The summed E-state index contributed by atoms with van der Waals surface area (Å²) in [5.74, 6) is 0.471. The van der Waals surface area contributed by atoms with Gasteiger partial charge in [-0.25, -0.2) is 0 Å². The maximum absolute atomic E-state index is 12.5. The number of benzene rings is 2. The molecule has 0 unspecified atom stereocenters. The maximum Gasteiger partial charge on any atom is 0.220 e. The fraction of sp³-hybridized carbons (Fsp3) is 0.261. The van der Waals surface area contributed by atoms with Crippen LogP contribution >= 0.6 is 11.6 Å². The summed E-state index contributed by atoms with van der Waals surface area (Å²) in [6.45, 7) is 0.529. The van der Waals surface area contributed by atoms with Crippen molar-refractivity contribution in [1.82, 2.24) is 10.3 Å². The summed E-state index contributed by atoms with van der Waals surface area (Å²) < 4.78 is 0. The van der Waals surface area contributed by atoms with Gasteiger partial charge in [0.15, 0.2) is 0 Å². The molecule has 0 saturated heterocycles. The van der Waals surface area contributed by atoms with Gasteiger partial charge in [-0.3, -0.25) is 4.79 Å². The van der Waals surface area contributed by atoms with Gasteiger partial charge in [0.2, 0.25) is 5.91 Å². The first kappa shape index (κ1) is 17.9. The molecule has 3 aromatic rings. The van der Waals surface area contributed by atoms with Gasteiger partial charge in [-0.1, -0.05) is 60.2 Å². The van der Waals surface area contributed by atoms with Crippen molar-refractivity contribution in [3.05, 3.63) is 83.0 Å². The Balaban J connectivity index is 1.60. The zero-order chi connectivity index (χ0) is 18.6. The summed E-state index contributed by atoms with van der Waals surface area (Å²) in [6.07, 6.45) is 9.06. The van der Waals surface area contributed by atoms with Crippen LogP contribution in [0.15, 0.2) is 66.9 Å². The second kappa shape index (κ2) is 8.01. The Morgan fingerprint density at radius 1 is 1.15 bits per heavy atom. The Morgan fingerprint density at radius 3 is 2.78 bits per heavy atom. The molecule has 2 N–H and O–H groups in total. The van der Waals surface area contributed by atoms with Crippen LogP contribution in [0.25, 0.3) is 10.9 Å². The summed E-state index contributed by atoms with van der Waals surface area (Å²) in [5.41, 5.74) is 3.27. The SMILES string of the molecule is O=C(C[C@@H]1C=CCC1)NC[C@@H](c1ccccc1Cl)c1c[nH]c2ccccc12. The third kappa shape index (κ3) is 3.93. The van der Waals surface area contributed by atoms with Crippen LogP contribution in [-0.4, -0.2) is 17.4 Å². The number of carbonyl (C=O) groups is 1. The van der Waals surface area contributed by atoms with E-state index in [2.05, 4.69) is 34.6 Å². The molecule has 0 saturated carbocycles. The number of aromatic amines is 1. The van der Waals surface area contributed by atoms with E-state index in [1.165, 1.54) is 0 Å². The molecule has 0 fully saturated rings. The van der Waals surface area contributed by atoms with Crippen LogP contribution < -0.4 is 5.32 Å².